The number of hydrogen-bond donors (Lipinski definition) is 1. The molecule has 0 aromatic carbocycles. The SMILES string of the molecule is CCCCOCCOCCOCCNCc1ccco1. The highest BCUT2D eigenvalue weighted by Crippen LogP contribution is 1.97. The zero-order valence-corrected chi connectivity index (χ0v) is 12.4. The minimum atomic E-state index is 0.620. The third kappa shape index (κ3) is 9.97. The fourth-order valence-electron chi connectivity index (χ4n) is 1.56. The second kappa shape index (κ2) is 13.1. The number of unbranched alkanes of at least 4 members (excludes halogenated alkanes) is 1. The predicted octanol–water partition coefficient (Wildman–Crippen LogP) is 2.22. The van der Waals surface area contributed by atoms with Crippen LogP contribution in [-0.4, -0.2) is 46.2 Å². The van der Waals surface area contributed by atoms with Crippen LogP contribution >= 0.6 is 0 Å². The first-order valence-corrected chi connectivity index (χ1v) is 7.39. The van der Waals surface area contributed by atoms with Gasteiger partial charge in [0.15, 0.2) is 0 Å². The van der Waals surface area contributed by atoms with Gasteiger partial charge < -0.3 is 23.9 Å². The van der Waals surface area contributed by atoms with E-state index in [0.29, 0.717) is 33.0 Å². The molecule has 0 aliphatic carbocycles. The lowest BCUT2D eigenvalue weighted by Gasteiger charge is -2.07. The van der Waals surface area contributed by atoms with Crippen LogP contribution in [0.5, 0.6) is 0 Å². The summed E-state index contributed by atoms with van der Waals surface area (Å²) in [7, 11) is 0. The van der Waals surface area contributed by atoms with Crippen molar-refractivity contribution in [3.8, 4) is 0 Å². The second-order valence-electron chi connectivity index (χ2n) is 4.45. The molecule has 0 saturated carbocycles. The molecule has 0 bridgehead atoms. The first kappa shape index (κ1) is 17.2. The van der Waals surface area contributed by atoms with E-state index in [4.69, 9.17) is 18.6 Å². The van der Waals surface area contributed by atoms with Gasteiger partial charge in [0.2, 0.25) is 0 Å². The molecule has 0 amide bonds. The van der Waals surface area contributed by atoms with Gasteiger partial charge in [0.1, 0.15) is 5.76 Å². The third-order valence-electron chi connectivity index (χ3n) is 2.69. The number of hydrogen-bond acceptors (Lipinski definition) is 5. The summed E-state index contributed by atoms with van der Waals surface area (Å²) >= 11 is 0. The zero-order chi connectivity index (χ0) is 14.3. The minimum Gasteiger partial charge on any atom is -0.468 e. The highest BCUT2D eigenvalue weighted by Gasteiger charge is 1.94. The van der Waals surface area contributed by atoms with Crippen LogP contribution in [0.15, 0.2) is 22.8 Å². The Kier molecular flexibility index (Phi) is 11.3. The number of ether oxygens (including phenoxy) is 3. The van der Waals surface area contributed by atoms with E-state index < -0.39 is 0 Å². The van der Waals surface area contributed by atoms with E-state index in [-0.39, 0.29) is 0 Å². The van der Waals surface area contributed by atoms with Gasteiger partial charge in [-0.3, -0.25) is 0 Å². The topological polar surface area (TPSA) is 52.9 Å². The first-order valence-electron chi connectivity index (χ1n) is 7.39. The molecule has 0 saturated heterocycles. The van der Waals surface area contributed by atoms with Crippen molar-refractivity contribution in [2.75, 3.05) is 46.2 Å². The standard InChI is InChI=1S/C15H27NO4/c1-2-3-7-17-10-12-19-13-11-18-9-6-16-14-15-5-4-8-20-15/h4-5,8,16H,2-3,6-7,9-14H2,1H3. The van der Waals surface area contributed by atoms with Crippen molar-refractivity contribution in [3.05, 3.63) is 24.2 Å². The molecule has 20 heavy (non-hydrogen) atoms. The van der Waals surface area contributed by atoms with Crippen LogP contribution in [0, 0.1) is 0 Å². The lowest BCUT2D eigenvalue weighted by molar-refractivity contribution is 0.0146. The van der Waals surface area contributed by atoms with E-state index >= 15 is 0 Å². The maximum absolute atomic E-state index is 5.44. The summed E-state index contributed by atoms with van der Waals surface area (Å²) in [5.41, 5.74) is 0. The quantitative estimate of drug-likeness (QED) is 0.531. The lowest BCUT2D eigenvalue weighted by Crippen LogP contribution is -2.20. The Bertz CT molecular complexity index is 290. The Morgan fingerprint density at radius 1 is 1.00 bits per heavy atom. The van der Waals surface area contributed by atoms with Gasteiger partial charge in [0.25, 0.3) is 0 Å². The van der Waals surface area contributed by atoms with E-state index in [0.717, 1.165) is 31.9 Å². The number of rotatable bonds is 14. The van der Waals surface area contributed by atoms with Gasteiger partial charge >= 0.3 is 0 Å². The molecule has 1 aromatic rings. The summed E-state index contributed by atoms with van der Waals surface area (Å²) in [6.45, 7) is 7.76. The van der Waals surface area contributed by atoms with Gasteiger partial charge in [-0.05, 0) is 18.6 Å². The molecule has 5 heteroatoms. The lowest BCUT2D eigenvalue weighted by atomic mass is 10.4. The molecule has 1 N–H and O–H groups in total. The monoisotopic (exact) mass is 285 g/mol. The Hall–Kier alpha value is -0.880. The zero-order valence-electron chi connectivity index (χ0n) is 12.4. The summed E-state index contributed by atoms with van der Waals surface area (Å²) < 4.78 is 21.4. The van der Waals surface area contributed by atoms with Crippen molar-refractivity contribution in [2.45, 2.75) is 26.3 Å². The maximum Gasteiger partial charge on any atom is 0.117 e. The highest BCUT2D eigenvalue weighted by atomic mass is 16.5. The first-order chi connectivity index (χ1) is 9.93. The Morgan fingerprint density at radius 3 is 2.35 bits per heavy atom. The second-order valence-corrected chi connectivity index (χ2v) is 4.45. The van der Waals surface area contributed by atoms with Crippen molar-refractivity contribution in [3.63, 3.8) is 0 Å². The minimum absolute atomic E-state index is 0.620. The molecule has 0 radical (unpaired) electrons. The summed E-state index contributed by atoms with van der Waals surface area (Å²) in [5, 5.41) is 3.24. The molecule has 1 heterocycles. The summed E-state index contributed by atoms with van der Waals surface area (Å²) in [4.78, 5) is 0. The molecule has 0 atom stereocenters. The fourth-order valence-corrected chi connectivity index (χ4v) is 1.56. The summed E-state index contributed by atoms with van der Waals surface area (Å²) in [5.74, 6) is 0.941. The van der Waals surface area contributed by atoms with Gasteiger partial charge in [-0.25, -0.2) is 0 Å². The van der Waals surface area contributed by atoms with Gasteiger partial charge in [-0.1, -0.05) is 13.3 Å². The highest BCUT2D eigenvalue weighted by molar-refractivity contribution is 4.97. The molecule has 0 aliphatic heterocycles. The molecule has 0 spiro atoms. The van der Waals surface area contributed by atoms with Crippen LogP contribution in [0.1, 0.15) is 25.5 Å². The van der Waals surface area contributed by atoms with Gasteiger partial charge in [0, 0.05) is 13.2 Å². The van der Waals surface area contributed by atoms with Crippen molar-refractivity contribution >= 4 is 0 Å². The summed E-state index contributed by atoms with van der Waals surface area (Å²) in [6.07, 6.45) is 3.97. The van der Waals surface area contributed by atoms with E-state index in [1.165, 1.54) is 6.42 Å². The number of furan rings is 1. The van der Waals surface area contributed by atoms with Crippen LogP contribution in [0.2, 0.25) is 0 Å². The average Bonchev–Trinajstić information content (AvgIpc) is 2.97. The fraction of sp³-hybridized carbons (Fsp3) is 0.733. The largest absolute Gasteiger partial charge is 0.468 e. The van der Waals surface area contributed by atoms with E-state index in [2.05, 4.69) is 12.2 Å². The van der Waals surface area contributed by atoms with Crippen molar-refractivity contribution in [1.82, 2.24) is 5.32 Å². The third-order valence-corrected chi connectivity index (χ3v) is 2.69. The van der Waals surface area contributed by atoms with Gasteiger partial charge in [-0.2, -0.15) is 0 Å². The van der Waals surface area contributed by atoms with Crippen LogP contribution < -0.4 is 5.32 Å². The molecule has 116 valence electrons. The normalized spacial score (nSPS) is 11.1. The van der Waals surface area contributed by atoms with E-state index in [1.54, 1.807) is 6.26 Å². The maximum atomic E-state index is 5.44. The van der Waals surface area contributed by atoms with Gasteiger partial charge in [0.05, 0.1) is 45.8 Å². The van der Waals surface area contributed by atoms with Crippen LogP contribution in [0.25, 0.3) is 0 Å². The Balaban J connectivity index is 1.70. The molecule has 5 nitrogen and oxygen atoms in total. The molecular formula is C15H27NO4. The van der Waals surface area contributed by atoms with Crippen molar-refractivity contribution in [1.29, 1.82) is 0 Å². The molecule has 1 aromatic heterocycles. The Labute approximate surface area is 121 Å². The average molecular weight is 285 g/mol. The molecule has 0 unspecified atom stereocenters. The number of nitrogens with one attached hydrogen (secondary N) is 1. The van der Waals surface area contributed by atoms with E-state index in [1.807, 2.05) is 12.1 Å². The smallest absolute Gasteiger partial charge is 0.117 e. The van der Waals surface area contributed by atoms with Gasteiger partial charge in [-0.15, -0.1) is 0 Å². The predicted molar refractivity (Wildman–Crippen MR) is 77.8 cm³/mol. The van der Waals surface area contributed by atoms with Crippen LogP contribution in [0.4, 0.5) is 0 Å². The van der Waals surface area contributed by atoms with Crippen LogP contribution in [0.3, 0.4) is 0 Å². The Morgan fingerprint density at radius 2 is 1.70 bits per heavy atom. The van der Waals surface area contributed by atoms with Crippen LogP contribution in [-0.2, 0) is 20.8 Å². The summed E-state index contributed by atoms with van der Waals surface area (Å²) in [6, 6.07) is 3.83. The molecule has 0 aliphatic rings. The molecule has 1 rings (SSSR count). The van der Waals surface area contributed by atoms with Crippen molar-refractivity contribution in [2.24, 2.45) is 0 Å². The molecule has 0 fully saturated rings. The van der Waals surface area contributed by atoms with Crippen molar-refractivity contribution < 1.29 is 18.6 Å². The van der Waals surface area contributed by atoms with E-state index in [9.17, 15) is 0 Å². The molecular weight excluding hydrogens is 258 g/mol.